The second kappa shape index (κ2) is 3.94. The van der Waals surface area contributed by atoms with Crippen molar-refractivity contribution in [3.63, 3.8) is 0 Å². The van der Waals surface area contributed by atoms with Gasteiger partial charge < -0.3 is 0 Å². The summed E-state index contributed by atoms with van der Waals surface area (Å²) >= 11 is 5.86. The molecule has 0 fully saturated rings. The highest BCUT2D eigenvalue weighted by Crippen LogP contribution is 2.09. The van der Waals surface area contributed by atoms with Crippen LogP contribution in [0.4, 0.5) is 0 Å². The monoisotopic (exact) mass is 186 g/mol. The summed E-state index contributed by atoms with van der Waals surface area (Å²) in [5, 5.41) is 4.51. The van der Waals surface area contributed by atoms with Crippen molar-refractivity contribution in [1.29, 1.82) is 0 Å². The molecule has 1 heterocycles. The van der Waals surface area contributed by atoms with E-state index < -0.39 is 0 Å². The fourth-order valence-electron chi connectivity index (χ4n) is 1.24. The first-order valence-corrected chi connectivity index (χ1v) is 4.67. The molecule has 0 aliphatic carbocycles. The summed E-state index contributed by atoms with van der Waals surface area (Å²) < 4.78 is 1.93. The Morgan fingerprint density at radius 3 is 2.75 bits per heavy atom. The quantitative estimate of drug-likeness (QED) is 0.663. The van der Waals surface area contributed by atoms with E-state index in [4.69, 9.17) is 11.6 Å². The molecule has 0 amide bonds. The van der Waals surface area contributed by atoms with Crippen LogP contribution in [0.1, 0.15) is 24.7 Å². The van der Waals surface area contributed by atoms with Crippen molar-refractivity contribution < 1.29 is 0 Å². The highest BCUT2D eigenvalue weighted by atomic mass is 35.5. The van der Waals surface area contributed by atoms with E-state index in [9.17, 15) is 0 Å². The summed E-state index contributed by atoms with van der Waals surface area (Å²) in [5.74, 6) is 0. The Labute approximate surface area is 78.5 Å². The molecule has 0 aliphatic heterocycles. The Morgan fingerprint density at radius 1 is 1.67 bits per heavy atom. The average Bonchev–Trinajstić information content (AvgIpc) is 2.26. The van der Waals surface area contributed by atoms with Crippen molar-refractivity contribution in [3.8, 4) is 0 Å². The minimum atomic E-state index is 0.250. The van der Waals surface area contributed by atoms with Gasteiger partial charge in [-0.1, -0.05) is 0 Å². The Hall–Kier alpha value is -0.500. The molecule has 0 aromatic carbocycles. The number of aromatic nitrogens is 2. The van der Waals surface area contributed by atoms with Crippen LogP contribution >= 0.6 is 11.6 Å². The molecule has 0 aliphatic rings. The van der Waals surface area contributed by atoms with Crippen molar-refractivity contribution in [2.24, 2.45) is 7.05 Å². The molecule has 1 rings (SSSR count). The highest BCUT2D eigenvalue weighted by Gasteiger charge is 2.03. The van der Waals surface area contributed by atoms with E-state index in [-0.39, 0.29) is 5.38 Å². The van der Waals surface area contributed by atoms with Crippen LogP contribution in [0, 0.1) is 6.92 Å². The molecule has 0 radical (unpaired) electrons. The van der Waals surface area contributed by atoms with Crippen LogP contribution in [-0.2, 0) is 13.5 Å². The van der Waals surface area contributed by atoms with Gasteiger partial charge in [0.25, 0.3) is 0 Å². The third-order valence-corrected chi connectivity index (χ3v) is 2.12. The van der Waals surface area contributed by atoms with E-state index in [1.807, 2.05) is 25.6 Å². The SMILES string of the molecule is Cc1cc(CCC(C)Cl)n(C)n1. The van der Waals surface area contributed by atoms with E-state index >= 15 is 0 Å². The molecule has 0 N–H and O–H groups in total. The minimum absolute atomic E-state index is 0.250. The van der Waals surface area contributed by atoms with Gasteiger partial charge in [0.15, 0.2) is 0 Å². The zero-order valence-electron chi connectivity index (χ0n) is 7.84. The second-order valence-electron chi connectivity index (χ2n) is 3.22. The Balaban J connectivity index is 2.57. The third-order valence-electron chi connectivity index (χ3n) is 1.90. The number of halogens is 1. The lowest BCUT2D eigenvalue weighted by Gasteiger charge is -2.02. The van der Waals surface area contributed by atoms with Crippen LogP contribution in [-0.4, -0.2) is 15.2 Å². The molecular weight excluding hydrogens is 172 g/mol. The van der Waals surface area contributed by atoms with Gasteiger partial charge in [-0.05, 0) is 32.8 Å². The first-order valence-electron chi connectivity index (χ1n) is 4.23. The van der Waals surface area contributed by atoms with Crippen LogP contribution in [0.25, 0.3) is 0 Å². The second-order valence-corrected chi connectivity index (χ2v) is 3.97. The normalized spacial score (nSPS) is 13.3. The van der Waals surface area contributed by atoms with Crippen LogP contribution in [0.2, 0.25) is 0 Å². The van der Waals surface area contributed by atoms with E-state index in [1.54, 1.807) is 0 Å². The van der Waals surface area contributed by atoms with Crippen molar-refractivity contribution in [2.45, 2.75) is 32.1 Å². The molecule has 12 heavy (non-hydrogen) atoms. The summed E-state index contributed by atoms with van der Waals surface area (Å²) in [7, 11) is 1.97. The largest absolute Gasteiger partial charge is 0.272 e. The summed E-state index contributed by atoms with van der Waals surface area (Å²) in [6, 6.07) is 2.11. The standard InChI is InChI=1S/C9H15ClN2/c1-7(10)4-5-9-6-8(2)11-12(9)3/h6-7H,4-5H2,1-3H3. The van der Waals surface area contributed by atoms with Gasteiger partial charge in [0, 0.05) is 18.1 Å². The lowest BCUT2D eigenvalue weighted by Crippen LogP contribution is -2.01. The maximum atomic E-state index is 5.86. The van der Waals surface area contributed by atoms with Crippen LogP contribution < -0.4 is 0 Å². The van der Waals surface area contributed by atoms with Crippen LogP contribution in [0.5, 0.6) is 0 Å². The van der Waals surface area contributed by atoms with E-state index in [2.05, 4.69) is 11.2 Å². The summed E-state index contributed by atoms with van der Waals surface area (Å²) in [6.07, 6.45) is 2.03. The number of hydrogen-bond acceptors (Lipinski definition) is 1. The maximum absolute atomic E-state index is 5.86. The van der Waals surface area contributed by atoms with Gasteiger partial charge in [-0.15, -0.1) is 11.6 Å². The van der Waals surface area contributed by atoms with Crippen LogP contribution in [0.15, 0.2) is 6.07 Å². The number of aryl methyl sites for hydroxylation is 3. The number of rotatable bonds is 3. The summed E-state index contributed by atoms with van der Waals surface area (Å²) in [6.45, 7) is 4.03. The molecular formula is C9H15ClN2. The zero-order chi connectivity index (χ0) is 9.14. The molecule has 1 aromatic rings. The fraction of sp³-hybridized carbons (Fsp3) is 0.667. The van der Waals surface area contributed by atoms with Gasteiger partial charge in [0.05, 0.1) is 5.69 Å². The first-order chi connectivity index (χ1) is 5.59. The average molecular weight is 187 g/mol. The van der Waals surface area contributed by atoms with Crippen molar-refractivity contribution in [3.05, 3.63) is 17.5 Å². The summed E-state index contributed by atoms with van der Waals surface area (Å²) in [4.78, 5) is 0. The van der Waals surface area contributed by atoms with E-state index in [0.717, 1.165) is 18.5 Å². The third kappa shape index (κ3) is 2.52. The fourth-order valence-corrected chi connectivity index (χ4v) is 1.35. The molecule has 0 saturated heterocycles. The van der Waals surface area contributed by atoms with Crippen molar-refractivity contribution >= 4 is 11.6 Å². The van der Waals surface area contributed by atoms with Gasteiger partial charge in [0.2, 0.25) is 0 Å². The molecule has 1 atom stereocenters. The molecule has 0 saturated carbocycles. The number of hydrogen-bond donors (Lipinski definition) is 0. The molecule has 1 unspecified atom stereocenters. The first kappa shape index (κ1) is 9.59. The molecule has 2 nitrogen and oxygen atoms in total. The number of alkyl halides is 1. The van der Waals surface area contributed by atoms with Gasteiger partial charge in [0.1, 0.15) is 0 Å². The van der Waals surface area contributed by atoms with Gasteiger partial charge in [-0.25, -0.2) is 0 Å². The Kier molecular flexibility index (Phi) is 3.15. The smallest absolute Gasteiger partial charge is 0.0596 e. The van der Waals surface area contributed by atoms with Crippen molar-refractivity contribution in [2.75, 3.05) is 0 Å². The van der Waals surface area contributed by atoms with Gasteiger partial charge >= 0.3 is 0 Å². The molecule has 0 bridgehead atoms. The highest BCUT2D eigenvalue weighted by molar-refractivity contribution is 6.20. The predicted octanol–water partition coefficient (Wildman–Crippen LogP) is 2.29. The molecule has 68 valence electrons. The minimum Gasteiger partial charge on any atom is -0.272 e. The summed E-state index contributed by atoms with van der Waals surface area (Å²) in [5.41, 5.74) is 2.34. The molecule has 3 heteroatoms. The van der Waals surface area contributed by atoms with Gasteiger partial charge in [-0.3, -0.25) is 4.68 Å². The number of nitrogens with zero attached hydrogens (tertiary/aromatic N) is 2. The lowest BCUT2D eigenvalue weighted by atomic mass is 10.2. The predicted molar refractivity (Wildman–Crippen MR) is 51.6 cm³/mol. The van der Waals surface area contributed by atoms with Crippen molar-refractivity contribution in [1.82, 2.24) is 9.78 Å². The Morgan fingerprint density at radius 2 is 2.33 bits per heavy atom. The molecule has 1 aromatic heterocycles. The Bertz CT molecular complexity index is 253. The topological polar surface area (TPSA) is 17.8 Å². The van der Waals surface area contributed by atoms with Gasteiger partial charge in [-0.2, -0.15) is 5.10 Å². The van der Waals surface area contributed by atoms with E-state index in [1.165, 1.54) is 5.69 Å². The van der Waals surface area contributed by atoms with E-state index in [0.29, 0.717) is 0 Å². The lowest BCUT2D eigenvalue weighted by molar-refractivity contribution is 0.675. The van der Waals surface area contributed by atoms with Crippen LogP contribution in [0.3, 0.4) is 0 Å². The molecule has 0 spiro atoms. The zero-order valence-corrected chi connectivity index (χ0v) is 8.60. The maximum Gasteiger partial charge on any atom is 0.0596 e.